The highest BCUT2D eigenvalue weighted by Crippen LogP contribution is 2.30. The largest absolute Gasteiger partial charge is 0.381 e. The van der Waals surface area contributed by atoms with Crippen LogP contribution >= 0.6 is 0 Å². The van der Waals surface area contributed by atoms with Gasteiger partial charge in [0.25, 0.3) is 11.8 Å². The molecule has 3 aliphatic rings. The van der Waals surface area contributed by atoms with Crippen LogP contribution in [-0.4, -0.2) is 47.8 Å². The molecule has 2 saturated heterocycles. The lowest BCUT2D eigenvalue weighted by Gasteiger charge is -2.34. The van der Waals surface area contributed by atoms with E-state index in [0.717, 1.165) is 5.56 Å². The first-order valence-corrected chi connectivity index (χ1v) is 10.8. The number of hydrogen-bond acceptors (Lipinski definition) is 5. The Hall–Kier alpha value is -3.59. The Morgan fingerprint density at radius 2 is 1.88 bits per heavy atom. The number of rotatable bonds is 5. The number of carbonyl (C=O) groups is 4. The van der Waals surface area contributed by atoms with Gasteiger partial charge in [0.1, 0.15) is 11.9 Å². The van der Waals surface area contributed by atoms with Crippen LogP contribution in [0.2, 0.25) is 0 Å². The van der Waals surface area contributed by atoms with Gasteiger partial charge in [0.15, 0.2) is 0 Å². The molecule has 0 bridgehead atoms. The number of ether oxygens (including phenoxy) is 1. The topological polar surface area (TPSA) is 105 Å². The minimum Gasteiger partial charge on any atom is -0.381 e. The standard InChI is InChI=1S/C24H22FN3O5/c25-17-4-1-13(2-5-17)21(16-11-33-12-16)27-22(30)14-3-6-18-15(9-14)10-28(24(18)32)19-7-8-20(29)26-23(19)31/h1-6,9,16,19,21H,7-8,10-12H2,(H,27,30)(H,26,29,31)/t19?,21-/m0/s1. The number of halogens is 1. The molecule has 3 heterocycles. The molecular weight excluding hydrogens is 429 g/mol. The highest BCUT2D eigenvalue weighted by atomic mass is 19.1. The summed E-state index contributed by atoms with van der Waals surface area (Å²) in [5, 5.41) is 5.29. The van der Waals surface area contributed by atoms with Crippen LogP contribution in [0.25, 0.3) is 0 Å². The van der Waals surface area contributed by atoms with E-state index in [4.69, 9.17) is 4.74 Å². The van der Waals surface area contributed by atoms with Gasteiger partial charge in [-0.1, -0.05) is 12.1 Å². The molecule has 3 aliphatic heterocycles. The number of amides is 4. The number of nitrogens with one attached hydrogen (secondary N) is 2. The van der Waals surface area contributed by atoms with Gasteiger partial charge in [0, 0.05) is 30.0 Å². The fourth-order valence-electron chi connectivity index (χ4n) is 4.53. The number of nitrogens with zero attached hydrogens (tertiary/aromatic N) is 1. The molecule has 9 heteroatoms. The smallest absolute Gasteiger partial charge is 0.255 e. The van der Waals surface area contributed by atoms with E-state index in [1.807, 2.05) is 0 Å². The molecule has 0 saturated carbocycles. The Bertz CT molecular complexity index is 1150. The normalized spacial score (nSPS) is 21.3. The number of carbonyl (C=O) groups excluding carboxylic acids is 4. The zero-order valence-corrected chi connectivity index (χ0v) is 17.7. The maximum atomic E-state index is 13.4. The molecule has 2 fully saturated rings. The fraction of sp³-hybridized carbons (Fsp3) is 0.333. The summed E-state index contributed by atoms with van der Waals surface area (Å²) in [6.07, 6.45) is 0.459. The summed E-state index contributed by atoms with van der Waals surface area (Å²) >= 11 is 0. The van der Waals surface area contributed by atoms with Crippen molar-refractivity contribution >= 4 is 23.6 Å². The molecule has 8 nitrogen and oxygen atoms in total. The molecule has 0 aromatic heterocycles. The molecule has 0 radical (unpaired) electrons. The molecule has 2 aromatic carbocycles. The van der Waals surface area contributed by atoms with Crippen molar-refractivity contribution in [2.75, 3.05) is 13.2 Å². The van der Waals surface area contributed by atoms with E-state index in [2.05, 4.69) is 10.6 Å². The van der Waals surface area contributed by atoms with Crippen LogP contribution in [-0.2, 0) is 20.9 Å². The first-order valence-electron chi connectivity index (χ1n) is 10.8. The van der Waals surface area contributed by atoms with Crippen molar-refractivity contribution in [2.45, 2.75) is 31.5 Å². The van der Waals surface area contributed by atoms with Crippen molar-refractivity contribution in [3.8, 4) is 0 Å². The SMILES string of the molecule is O=C1CCC(N2Cc3cc(C(=O)N[C@@H](c4ccc(F)cc4)C4COC4)ccc3C2=O)C(=O)N1. The molecule has 1 unspecified atom stereocenters. The summed E-state index contributed by atoms with van der Waals surface area (Å²) < 4.78 is 18.6. The van der Waals surface area contributed by atoms with Gasteiger partial charge < -0.3 is 15.0 Å². The van der Waals surface area contributed by atoms with E-state index >= 15 is 0 Å². The van der Waals surface area contributed by atoms with E-state index in [-0.39, 0.29) is 54.9 Å². The van der Waals surface area contributed by atoms with Crippen molar-refractivity contribution in [1.29, 1.82) is 0 Å². The van der Waals surface area contributed by atoms with Crippen LogP contribution in [0, 0.1) is 11.7 Å². The highest BCUT2D eigenvalue weighted by Gasteiger charge is 2.39. The lowest BCUT2D eigenvalue weighted by atomic mass is 9.91. The summed E-state index contributed by atoms with van der Waals surface area (Å²) in [6.45, 7) is 1.20. The Morgan fingerprint density at radius 3 is 2.55 bits per heavy atom. The van der Waals surface area contributed by atoms with Crippen LogP contribution in [0.5, 0.6) is 0 Å². The van der Waals surface area contributed by atoms with Crippen molar-refractivity contribution < 1.29 is 28.3 Å². The van der Waals surface area contributed by atoms with Crippen LogP contribution in [0.15, 0.2) is 42.5 Å². The van der Waals surface area contributed by atoms with Gasteiger partial charge in [0.05, 0.1) is 19.3 Å². The van der Waals surface area contributed by atoms with E-state index in [1.54, 1.807) is 30.3 Å². The molecule has 2 N–H and O–H groups in total. The van der Waals surface area contributed by atoms with Gasteiger partial charge in [0.2, 0.25) is 11.8 Å². The van der Waals surface area contributed by atoms with Crippen LogP contribution in [0.3, 0.4) is 0 Å². The van der Waals surface area contributed by atoms with Gasteiger partial charge >= 0.3 is 0 Å². The molecule has 4 amide bonds. The average Bonchev–Trinajstić information content (AvgIpc) is 3.08. The molecule has 0 aliphatic carbocycles. The maximum Gasteiger partial charge on any atom is 0.255 e. The zero-order chi connectivity index (χ0) is 23.1. The number of fused-ring (bicyclic) bond motifs is 1. The molecule has 33 heavy (non-hydrogen) atoms. The van der Waals surface area contributed by atoms with Crippen molar-refractivity contribution in [3.05, 3.63) is 70.5 Å². The quantitative estimate of drug-likeness (QED) is 0.674. The van der Waals surface area contributed by atoms with Crippen molar-refractivity contribution in [3.63, 3.8) is 0 Å². The van der Waals surface area contributed by atoms with Gasteiger partial charge in [-0.3, -0.25) is 24.5 Å². The minimum atomic E-state index is -0.707. The third-order valence-electron chi connectivity index (χ3n) is 6.44. The van der Waals surface area contributed by atoms with E-state index in [1.165, 1.54) is 17.0 Å². The van der Waals surface area contributed by atoms with E-state index in [0.29, 0.717) is 29.9 Å². The van der Waals surface area contributed by atoms with Crippen LogP contribution < -0.4 is 10.6 Å². The molecule has 2 atom stereocenters. The fourth-order valence-corrected chi connectivity index (χ4v) is 4.53. The average molecular weight is 451 g/mol. The minimum absolute atomic E-state index is 0.0819. The van der Waals surface area contributed by atoms with Crippen LogP contribution in [0.1, 0.15) is 50.7 Å². The summed E-state index contributed by atoms with van der Waals surface area (Å²) in [5.41, 5.74) is 2.28. The molecule has 5 rings (SSSR count). The number of piperidine rings is 1. The molecule has 0 spiro atoms. The lowest BCUT2D eigenvalue weighted by molar-refractivity contribution is -0.136. The van der Waals surface area contributed by atoms with Crippen molar-refractivity contribution in [2.24, 2.45) is 5.92 Å². The van der Waals surface area contributed by atoms with Gasteiger partial charge in [-0.25, -0.2) is 4.39 Å². The second-order valence-corrected chi connectivity index (χ2v) is 8.57. The highest BCUT2D eigenvalue weighted by molar-refractivity contribution is 6.06. The summed E-state index contributed by atoms with van der Waals surface area (Å²) in [7, 11) is 0. The first-order chi connectivity index (χ1) is 15.9. The third-order valence-corrected chi connectivity index (χ3v) is 6.44. The summed E-state index contributed by atoms with van der Waals surface area (Å²) in [6, 6.07) is 9.82. The predicted molar refractivity (Wildman–Crippen MR) is 113 cm³/mol. The lowest BCUT2D eigenvalue weighted by Crippen LogP contribution is -2.52. The maximum absolute atomic E-state index is 13.4. The second kappa shape index (κ2) is 8.40. The first kappa shape index (κ1) is 21.3. The Labute approximate surface area is 189 Å². The predicted octanol–water partition coefficient (Wildman–Crippen LogP) is 1.70. The monoisotopic (exact) mass is 451 g/mol. The van der Waals surface area contributed by atoms with Crippen LogP contribution in [0.4, 0.5) is 4.39 Å². The Morgan fingerprint density at radius 1 is 1.12 bits per heavy atom. The Balaban J connectivity index is 1.34. The molecule has 2 aromatic rings. The zero-order valence-electron chi connectivity index (χ0n) is 17.7. The Kier molecular flexibility index (Phi) is 5.41. The van der Waals surface area contributed by atoms with E-state index < -0.39 is 11.9 Å². The molecule has 170 valence electrons. The number of imide groups is 1. The summed E-state index contributed by atoms with van der Waals surface area (Å²) in [5.74, 6) is -1.69. The van der Waals surface area contributed by atoms with E-state index in [9.17, 15) is 23.6 Å². The number of benzene rings is 2. The summed E-state index contributed by atoms with van der Waals surface area (Å²) in [4.78, 5) is 51.0. The number of hydrogen-bond donors (Lipinski definition) is 2. The van der Waals surface area contributed by atoms with Gasteiger partial charge in [-0.05, 0) is 47.9 Å². The second-order valence-electron chi connectivity index (χ2n) is 8.57. The molecular formula is C24H22FN3O5. The van der Waals surface area contributed by atoms with Crippen molar-refractivity contribution in [1.82, 2.24) is 15.5 Å². The van der Waals surface area contributed by atoms with Gasteiger partial charge in [-0.2, -0.15) is 0 Å². The van der Waals surface area contributed by atoms with Gasteiger partial charge in [-0.15, -0.1) is 0 Å². The third kappa shape index (κ3) is 4.00.